The Labute approximate surface area is 167 Å². The highest BCUT2D eigenvalue weighted by Crippen LogP contribution is 2.33. The normalized spacial score (nSPS) is 21.3. The molecule has 1 unspecified atom stereocenters. The van der Waals surface area contributed by atoms with Crippen LogP contribution in [0.4, 0.5) is 0 Å². The summed E-state index contributed by atoms with van der Waals surface area (Å²) in [5.74, 6) is 0.0231. The Kier molecular flexibility index (Phi) is 4.82. The lowest BCUT2D eigenvalue weighted by Crippen LogP contribution is -2.38. The molecule has 0 radical (unpaired) electrons. The fraction of sp³-hybridized carbons (Fsp3) is 0.500. The SMILES string of the molecule is O=C(c1cnc2c(c1)ncn2C1CCOCC1)N1CCCCC1c1nccs1. The van der Waals surface area contributed by atoms with Crippen LogP contribution in [0.3, 0.4) is 0 Å². The molecule has 0 saturated carbocycles. The van der Waals surface area contributed by atoms with Gasteiger partial charge in [0.2, 0.25) is 0 Å². The maximum atomic E-state index is 13.3. The summed E-state index contributed by atoms with van der Waals surface area (Å²) < 4.78 is 7.59. The first-order valence-corrected chi connectivity index (χ1v) is 10.8. The summed E-state index contributed by atoms with van der Waals surface area (Å²) in [6.45, 7) is 2.31. The van der Waals surface area contributed by atoms with E-state index in [1.807, 2.05) is 28.9 Å². The summed E-state index contributed by atoms with van der Waals surface area (Å²) in [6.07, 6.45) is 10.4. The molecule has 8 heteroatoms. The molecule has 1 amide bonds. The van der Waals surface area contributed by atoms with E-state index in [1.165, 1.54) is 0 Å². The molecule has 3 aromatic rings. The van der Waals surface area contributed by atoms with Gasteiger partial charge in [0.25, 0.3) is 5.91 Å². The standard InChI is InChI=1S/C20H23N5O2S/c26-20(24-7-2-1-3-17(24)19-21-6-10-28-19)14-11-16-18(22-12-14)25(13-23-16)15-4-8-27-9-5-15/h6,10-13,15,17H,1-5,7-9H2. The van der Waals surface area contributed by atoms with E-state index in [2.05, 4.69) is 19.5 Å². The van der Waals surface area contributed by atoms with Gasteiger partial charge in [0.05, 0.1) is 17.9 Å². The zero-order valence-electron chi connectivity index (χ0n) is 15.7. The molecule has 2 aliphatic heterocycles. The smallest absolute Gasteiger partial charge is 0.256 e. The van der Waals surface area contributed by atoms with Gasteiger partial charge in [-0.2, -0.15) is 0 Å². The third-order valence-corrected chi connectivity index (χ3v) is 6.62. The molecule has 146 valence electrons. The maximum absolute atomic E-state index is 13.3. The van der Waals surface area contributed by atoms with Crippen LogP contribution < -0.4 is 0 Å². The van der Waals surface area contributed by atoms with E-state index >= 15 is 0 Å². The third-order valence-electron chi connectivity index (χ3n) is 5.74. The van der Waals surface area contributed by atoms with Crippen molar-refractivity contribution in [1.82, 2.24) is 24.4 Å². The largest absolute Gasteiger partial charge is 0.381 e. The van der Waals surface area contributed by atoms with Gasteiger partial charge in [0.1, 0.15) is 10.5 Å². The third kappa shape index (κ3) is 3.20. The van der Waals surface area contributed by atoms with Crippen molar-refractivity contribution >= 4 is 28.4 Å². The molecule has 0 N–H and O–H groups in total. The summed E-state index contributed by atoms with van der Waals surface area (Å²) in [7, 11) is 0. The number of ether oxygens (including phenoxy) is 1. The van der Waals surface area contributed by atoms with E-state index in [4.69, 9.17) is 4.74 Å². The van der Waals surface area contributed by atoms with Crippen molar-refractivity contribution < 1.29 is 9.53 Å². The lowest BCUT2D eigenvalue weighted by atomic mass is 10.0. The van der Waals surface area contributed by atoms with Crippen LogP contribution in [0, 0.1) is 0 Å². The van der Waals surface area contributed by atoms with Gasteiger partial charge in [-0.25, -0.2) is 15.0 Å². The quantitative estimate of drug-likeness (QED) is 0.675. The zero-order valence-corrected chi connectivity index (χ0v) is 16.5. The molecule has 0 bridgehead atoms. The number of carbonyl (C=O) groups excluding carboxylic acids is 1. The van der Waals surface area contributed by atoms with Crippen molar-refractivity contribution in [3.8, 4) is 0 Å². The number of hydrogen-bond acceptors (Lipinski definition) is 6. The van der Waals surface area contributed by atoms with E-state index in [0.717, 1.165) is 68.0 Å². The van der Waals surface area contributed by atoms with Crippen LogP contribution in [-0.2, 0) is 4.74 Å². The Morgan fingerprint density at radius 2 is 2.04 bits per heavy atom. The number of aromatic nitrogens is 4. The van der Waals surface area contributed by atoms with Crippen LogP contribution in [-0.4, -0.2) is 50.1 Å². The van der Waals surface area contributed by atoms with Crippen LogP contribution in [0.1, 0.15) is 59.6 Å². The van der Waals surface area contributed by atoms with Crippen LogP contribution in [0.5, 0.6) is 0 Å². The summed E-state index contributed by atoms with van der Waals surface area (Å²) in [4.78, 5) is 28.8. The van der Waals surface area contributed by atoms with Crippen molar-refractivity contribution in [2.45, 2.75) is 44.2 Å². The minimum atomic E-state index is 0.0231. The number of amides is 1. The highest BCUT2D eigenvalue weighted by atomic mass is 32.1. The average molecular weight is 398 g/mol. The van der Waals surface area contributed by atoms with Gasteiger partial charge in [-0.15, -0.1) is 11.3 Å². The number of pyridine rings is 1. The molecule has 3 aromatic heterocycles. The Hall–Kier alpha value is -2.32. The van der Waals surface area contributed by atoms with Crippen molar-refractivity contribution in [1.29, 1.82) is 0 Å². The molecule has 28 heavy (non-hydrogen) atoms. The first-order valence-electron chi connectivity index (χ1n) is 9.92. The molecule has 2 saturated heterocycles. The van der Waals surface area contributed by atoms with Crippen LogP contribution in [0.15, 0.2) is 30.2 Å². The molecule has 1 atom stereocenters. The first-order chi connectivity index (χ1) is 13.8. The minimum absolute atomic E-state index is 0.0231. The van der Waals surface area contributed by atoms with E-state index in [1.54, 1.807) is 17.5 Å². The Morgan fingerprint density at radius 3 is 2.86 bits per heavy atom. The number of piperidine rings is 1. The number of hydrogen-bond donors (Lipinski definition) is 0. The lowest BCUT2D eigenvalue weighted by Gasteiger charge is -2.34. The second-order valence-electron chi connectivity index (χ2n) is 7.44. The van der Waals surface area contributed by atoms with Gasteiger partial charge in [-0.1, -0.05) is 0 Å². The number of carbonyl (C=O) groups is 1. The minimum Gasteiger partial charge on any atom is -0.381 e. The molecular weight excluding hydrogens is 374 g/mol. The van der Waals surface area contributed by atoms with Gasteiger partial charge >= 0.3 is 0 Å². The molecule has 7 nitrogen and oxygen atoms in total. The van der Waals surface area contributed by atoms with Crippen molar-refractivity contribution in [3.63, 3.8) is 0 Å². The van der Waals surface area contributed by atoms with Crippen molar-refractivity contribution in [2.75, 3.05) is 19.8 Å². The van der Waals surface area contributed by atoms with Gasteiger partial charge in [-0.3, -0.25) is 4.79 Å². The molecule has 2 aliphatic rings. The average Bonchev–Trinajstić information content (AvgIpc) is 3.43. The first kappa shape index (κ1) is 17.8. The molecule has 0 aromatic carbocycles. The number of rotatable bonds is 3. The van der Waals surface area contributed by atoms with Gasteiger partial charge in [0, 0.05) is 43.6 Å². The number of likely N-dealkylation sites (tertiary alicyclic amines) is 1. The Morgan fingerprint density at radius 1 is 1.14 bits per heavy atom. The maximum Gasteiger partial charge on any atom is 0.256 e. The van der Waals surface area contributed by atoms with E-state index in [9.17, 15) is 4.79 Å². The van der Waals surface area contributed by atoms with E-state index in [-0.39, 0.29) is 11.9 Å². The zero-order chi connectivity index (χ0) is 18.9. The fourth-order valence-corrected chi connectivity index (χ4v) is 5.05. The van der Waals surface area contributed by atoms with Crippen molar-refractivity contribution in [2.24, 2.45) is 0 Å². The van der Waals surface area contributed by atoms with Crippen molar-refractivity contribution in [3.05, 3.63) is 40.7 Å². The summed E-state index contributed by atoms with van der Waals surface area (Å²) in [6, 6.07) is 2.31. The predicted octanol–water partition coefficient (Wildman–Crippen LogP) is 3.61. The van der Waals surface area contributed by atoms with Gasteiger partial charge in [0.15, 0.2) is 5.65 Å². The number of nitrogens with zero attached hydrogens (tertiary/aromatic N) is 5. The monoisotopic (exact) mass is 397 g/mol. The topological polar surface area (TPSA) is 73.1 Å². The Bertz CT molecular complexity index is 964. The predicted molar refractivity (Wildman–Crippen MR) is 106 cm³/mol. The molecule has 0 aliphatic carbocycles. The fourth-order valence-electron chi connectivity index (χ4n) is 4.26. The van der Waals surface area contributed by atoms with Crippen LogP contribution in [0.2, 0.25) is 0 Å². The number of imidazole rings is 1. The second kappa shape index (κ2) is 7.60. The molecule has 0 spiro atoms. The van der Waals surface area contributed by atoms with Crippen LogP contribution in [0.25, 0.3) is 11.2 Å². The van der Waals surface area contributed by atoms with E-state index < -0.39 is 0 Å². The summed E-state index contributed by atoms with van der Waals surface area (Å²) in [5, 5.41) is 2.99. The number of fused-ring (bicyclic) bond motifs is 1. The molecular formula is C20H23N5O2S. The van der Waals surface area contributed by atoms with Gasteiger partial charge < -0.3 is 14.2 Å². The highest BCUT2D eigenvalue weighted by Gasteiger charge is 2.31. The molecule has 5 rings (SSSR count). The van der Waals surface area contributed by atoms with Crippen LogP contribution >= 0.6 is 11.3 Å². The van der Waals surface area contributed by atoms with Gasteiger partial charge in [-0.05, 0) is 38.2 Å². The molecule has 2 fully saturated rings. The number of thiazole rings is 1. The highest BCUT2D eigenvalue weighted by molar-refractivity contribution is 7.09. The van der Waals surface area contributed by atoms with E-state index in [0.29, 0.717) is 11.6 Å². The lowest BCUT2D eigenvalue weighted by molar-refractivity contribution is 0.0611. The molecule has 5 heterocycles. The Balaban J connectivity index is 1.43. The summed E-state index contributed by atoms with van der Waals surface area (Å²) >= 11 is 1.62. The summed E-state index contributed by atoms with van der Waals surface area (Å²) in [5.41, 5.74) is 2.23. The second-order valence-corrected chi connectivity index (χ2v) is 8.37.